The van der Waals surface area contributed by atoms with E-state index in [1.165, 1.54) is 7.11 Å². The molecule has 0 atom stereocenters. The molecule has 2 aromatic rings. The van der Waals surface area contributed by atoms with Gasteiger partial charge in [-0.05, 0) is 24.1 Å². The van der Waals surface area contributed by atoms with Gasteiger partial charge in [0, 0.05) is 19.7 Å². The van der Waals surface area contributed by atoms with Crippen molar-refractivity contribution >= 4 is 5.97 Å². The number of aromatic nitrogens is 2. The maximum atomic E-state index is 11.6. The molecule has 0 aliphatic rings. The van der Waals surface area contributed by atoms with Crippen LogP contribution in [-0.4, -0.2) is 22.6 Å². The van der Waals surface area contributed by atoms with Crippen molar-refractivity contribution in [3.63, 3.8) is 0 Å². The summed E-state index contributed by atoms with van der Waals surface area (Å²) in [5, 5.41) is 0. The third kappa shape index (κ3) is 2.42. The van der Waals surface area contributed by atoms with E-state index in [-0.39, 0.29) is 5.97 Å². The molecule has 0 saturated heterocycles. The molecule has 0 N–H and O–H groups in total. The van der Waals surface area contributed by atoms with Gasteiger partial charge in [0.05, 0.1) is 24.7 Å². The van der Waals surface area contributed by atoms with Crippen LogP contribution in [0, 0.1) is 6.92 Å². The van der Waals surface area contributed by atoms with Crippen molar-refractivity contribution in [2.24, 2.45) is 7.05 Å². The Hall–Kier alpha value is -2.10. The van der Waals surface area contributed by atoms with Crippen molar-refractivity contribution < 1.29 is 9.53 Å². The summed E-state index contributed by atoms with van der Waals surface area (Å²) in [4.78, 5) is 15.9. The first-order valence-corrected chi connectivity index (χ1v) is 5.75. The van der Waals surface area contributed by atoms with Crippen LogP contribution >= 0.6 is 0 Å². The second-order valence-corrected chi connectivity index (χ2v) is 4.29. The third-order valence-electron chi connectivity index (χ3n) is 2.98. The second-order valence-electron chi connectivity index (χ2n) is 4.29. The molecule has 94 valence electrons. The quantitative estimate of drug-likeness (QED) is 0.777. The Morgan fingerprint density at radius 1 is 1.44 bits per heavy atom. The van der Waals surface area contributed by atoms with Crippen LogP contribution in [0.25, 0.3) is 0 Å². The van der Waals surface area contributed by atoms with Crippen LogP contribution in [0.3, 0.4) is 0 Å². The number of esters is 1. The van der Waals surface area contributed by atoms with Gasteiger partial charge < -0.3 is 9.30 Å². The number of hydrogen-bond donors (Lipinski definition) is 0. The monoisotopic (exact) mass is 244 g/mol. The van der Waals surface area contributed by atoms with E-state index in [4.69, 9.17) is 4.74 Å². The molecule has 1 aromatic heterocycles. The Bertz CT molecular complexity index is 573. The number of methoxy groups -OCH3 is 1. The number of nitrogens with zero attached hydrogens (tertiary/aromatic N) is 2. The van der Waals surface area contributed by atoms with Crippen LogP contribution in [0.4, 0.5) is 0 Å². The highest BCUT2D eigenvalue weighted by molar-refractivity contribution is 5.91. The molecule has 0 aliphatic heterocycles. The van der Waals surface area contributed by atoms with Crippen LogP contribution in [-0.2, 0) is 18.2 Å². The normalized spacial score (nSPS) is 10.4. The zero-order valence-corrected chi connectivity index (χ0v) is 10.8. The van der Waals surface area contributed by atoms with E-state index in [0.717, 1.165) is 23.2 Å². The number of carbonyl (C=O) groups excluding carboxylic acids is 1. The number of imidazole rings is 1. The van der Waals surface area contributed by atoms with E-state index in [0.29, 0.717) is 5.56 Å². The molecular weight excluding hydrogens is 228 g/mol. The number of hydrogen-bond acceptors (Lipinski definition) is 3. The lowest BCUT2D eigenvalue weighted by Gasteiger charge is -2.08. The van der Waals surface area contributed by atoms with Crippen molar-refractivity contribution in [3.8, 4) is 0 Å². The summed E-state index contributed by atoms with van der Waals surface area (Å²) in [6.07, 6.45) is 4.47. The Labute approximate surface area is 106 Å². The Kier molecular flexibility index (Phi) is 3.46. The predicted molar refractivity (Wildman–Crippen MR) is 68.5 cm³/mol. The maximum Gasteiger partial charge on any atom is 0.338 e. The van der Waals surface area contributed by atoms with Crippen molar-refractivity contribution in [1.29, 1.82) is 0 Å². The fraction of sp³-hybridized carbons (Fsp3) is 0.286. The number of benzene rings is 1. The first-order valence-electron chi connectivity index (χ1n) is 5.75. The average Bonchev–Trinajstić information content (AvgIpc) is 2.76. The van der Waals surface area contributed by atoms with Crippen LogP contribution in [0.1, 0.15) is 27.2 Å². The lowest BCUT2D eigenvalue weighted by atomic mass is 9.99. The van der Waals surface area contributed by atoms with Crippen LogP contribution in [0.15, 0.2) is 30.7 Å². The number of ether oxygens (including phenoxy) is 1. The van der Waals surface area contributed by atoms with Crippen molar-refractivity contribution in [3.05, 3.63) is 53.1 Å². The van der Waals surface area contributed by atoms with Crippen molar-refractivity contribution in [2.45, 2.75) is 13.3 Å². The van der Waals surface area contributed by atoms with E-state index in [1.54, 1.807) is 12.4 Å². The summed E-state index contributed by atoms with van der Waals surface area (Å²) in [5.74, 6) is -0.296. The first-order chi connectivity index (χ1) is 8.61. The molecule has 1 heterocycles. The number of carbonyl (C=O) groups is 1. The van der Waals surface area contributed by atoms with Gasteiger partial charge in [-0.15, -0.1) is 0 Å². The highest BCUT2D eigenvalue weighted by Crippen LogP contribution is 2.17. The standard InChI is InChI=1S/C14H16N2O2/c1-10-11(7-12-8-16(2)9-15-12)5-4-6-13(10)14(17)18-3/h4-6,8-9H,7H2,1-3H3. The van der Waals surface area contributed by atoms with Crippen molar-refractivity contribution in [1.82, 2.24) is 9.55 Å². The smallest absolute Gasteiger partial charge is 0.338 e. The Morgan fingerprint density at radius 2 is 2.22 bits per heavy atom. The van der Waals surface area contributed by atoms with E-state index in [1.807, 2.05) is 36.9 Å². The van der Waals surface area contributed by atoms with Crippen LogP contribution in [0.2, 0.25) is 0 Å². The molecule has 0 saturated carbocycles. The maximum absolute atomic E-state index is 11.6. The molecule has 18 heavy (non-hydrogen) atoms. The summed E-state index contributed by atoms with van der Waals surface area (Å²) in [6.45, 7) is 1.94. The van der Waals surface area contributed by atoms with Gasteiger partial charge in [-0.25, -0.2) is 9.78 Å². The van der Waals surface area contributed by atoms with Gasteiger partial charge in [-0.3, -0.25) is 0 Å². The highest BCUT2D eigenvalue weighted by atomic mass is 16.5. The van der Waals surface area contributed by atoms with Crippen LogP contribution < -0.4 is 0 Å². The SMILES string of the molecule is COC(=O)c1cccc(Cc2cn(C)cn2)c1C. The fourth-order valence-corrected chi connectivity index (χ4v) is 1.96. The summed E-state index contributed by atoms with van der Waals surface area (Å²) in [7, 11) is 3.33. The summed E-state index contributed by atoms with van der Waals surface area (Å²) < 4.78 is 6.68. The van der Waals surface area contributed by atoms with Gasteiger partial charge >= 0.3 is 5.97 Å². The van der Waals surface area contributed by atoms with Gasteiger partial charge in [0.1, 0.15) is 0 Å². The van der Waals surface area contributed by atoms with Gasteiger partial charge in [0.25, 0.3) is 0 Å². The molecule has 0 bridgehead atoms. The third-order valence-corrected chi connectivity index (χ3v) is 2.98. The molecule has 2 rings (SSSR count). The first kappa shape index (κ1) is 12.4. The summed E-state index contributed by atoms with van der Waals surface area (Å²) in [6, 6.07) is 5.66. The lowest BCUT2D eigenvalue weighted by molar-refractivity contribution is 0.0600. The lowest BCUT2D eigenvalue weighted by Crippen LogP contribution is -2.06. The number of aryl methyl sites for hydroxylation is 1. The Morgan fingerprint density at radius 3 is 2.83 bits per heavy atom. The Balaban J connectivity index is 2.31. The zero-order chi connectivity index (χ0) is 13.1. The van der Waals surface area contributed by atoms with E-state index in [2.05, 4.69) is 4.98 Å². The molecular formula is C14H16N2O2. The summed E-state index contributed by atoms with van der Waals surface area (Å²) in [5.41, 5.74) is 3.65. The zero-order valence-electron chi connectivity index (χ0n) is 10.8. The second kappa shape index (κ2) is 5.04. The minimum atomic E-state index is -0.296. The number of rotatable bonds is 3. The molecule has 0 radical (unpaired) electrons. The molecule has 0 spiro atoms. The van der Waals surface area contributed by atoms with E-state index < -0.39 is 0 Å². The van der Waals surface area contributed by atoms with Gasteiger partial charge in [-0.2, -0.15) is 0 Å². The van der Waals surface area contributed by atoms with Gasteiger partial charge in [0.15, 0.2) is 0 Å². The molecule has 0 unspecified atom stereocenters. The van der Waals surface area contributed by atoms with Gasteiger partial charge in [-0.1, -0.05) is 12.1 Å². The topological polar surface area (TPSA) is 44.1 Å². The predicted octanol–water partition coefficient (Wildman–Crippen LogP) is 2.11. The molecule has 0 amide bonds. The van der Waals surface area contributed by atoms with E-state index in [9.17, 15) is 4.79 Å². The molecule has 0 aliphatic carbocycles. The molecule has 4 heteroatoms. The average molecular weight is 244 g/mol. The molecule has 1 aromatic carbocycles. The van der Waals surface area contributed by atoms with Crippen molar-refractivity contribution in [2.75, 3.05) is 7.11 Å². The highest BCUT2D eigenvalue weighted by Gasteiger charge is 2.12. The largest absolute Gasteiger partial charge is 0.465 e. The van der Waals surface area contributed by atoms with E-state index >= 15 is 0 Å². The molecule has 0 fully saturated rings. The summed E-state index contributed by atoms with van der Waals surface area (Å²) >= 11 is 0. The van der Waals surface area contributed by atoms with Crippen LogP contribution in [0.5, 0.6) is 0 Å². The minimum Gasteiger partial charge on any atom is -0.465 e. The van der Waals surface area contributed by atoms with Gasteiger partial charge in [0.2, 0.25) is 0 Å². The molecule has 4 nitrogen and oxygen atoms in total. The fourth-order valence-electron chi connectivity index (χ4n) is 1.96. The minimum absolute atomic E-state index is 0.296.